The normalized spacial score (nSPS) is 10.2. The molecule has 1 aromatic heterocycles. The van der Waals surface area contributed by atoms with Crippen molar-refractivity contribution in [1.29, 1.82) is 0 Å². The number of nitrogens with zero attached hydrogens (tertiary/aromatic N) is 2. The Morgan fingerprint density at radius 2 is 2.05 bits per heavy atom. The molecular formula is C14H18N4O. The third-order valence-corrected chi connectivity index (χ3v) is 2.99. The summed E-state index contributed by atoms with van der Waals surface area (Å²) in [5, 5.41) is 5.91. The molecule has 5 heteroatoms. The lowest BCUT2D eigenvalue weighted by molar-refractivity contribution is 0.0963. The van der Waals surface area contributed by atoms with Gasteiger partial charge in [0.05, 0.1) is 18.6 Å². The van der Waals surface area contributed by atoms with Crippen LogP contribution < -0.4 is 10.6 Å². The van der Waals surface area contributed by atoms with Crippen LogP contribution in [-0.2, 0) is 13.1 Å². The van der Waals surface area contributed by atoms with Crippen molar-refractivity contribution >= 4 is 11.6 Å². The first-order valence-corrected chi connectivity index (χ1v) is 6.29. The topological polar surface area (TPSA) is 59.0 Å². The van der Waals surface area contributed by atoms with Crippen molar-refractivity contribution in [3.8, 4) is 0 Å². The first kappa shape index (κ1) is 13.1. The van der Waals surface area contributed by atoms with Gasteiger partial charge in [0, 0.05) is 31.0 Å². The molecule has 0 aliphatic heterocycles. The van der Waals surface area contributed by atoms with Crippen molar-refractivity contribution < 1.29 is 4.79 Å². The van der Waals surface area contributed by atoms with Gasteiger partial charge in [-0.1, -0.05) is 0 Å². The predicted molar refractivity (Wildman–Crippen MR) is 75.1 cm³/mol. The zero-order valence-electron chi connectivity index (χ0n) is 11.2. The molecule has 0 aliphatic rings. The van der Waals surface area contributed by atoms with E-state index in [1.807, 2.05) is 24.7 Å². The Morgan fingerprint density at radius 3 is 2.68 bits per heavy atom. The molecule has 0 saturated carbocycles. The van der Waals surface area contributed by atoms with Crippen LogP contribution in [0.4, 0.5) is 5.69 Å². The summed E-state index contributed by atoms with van der Waals surface area (Å²) >= 11 is 0. The van der Waals surface area contributed by atoms with E-state index in [1.165, 1.54) is 0 Å². The molecule has 0 unspecified atom stereocenters. The average Bonchev–Trinajstić information content (AvgIpc) is 2.92. The molecule has 0 aliphatic carbocycles. The molecule has 2 rings (SSSR count). The van der Waals surface area contributed by atoms with Gasteiger partial charge in [-0.05, 0) is 31.2 Å². The van der Waals surface area contributed by atoms with Gasteiger partial charge >= 0.3 is 0 Å². The molecule has 1 heterocycles. The van der Waals surface area contributed by atoms with Crippen LogP contribution in [0.3, 0.4) is 0 Å². The highest BCUT2D eigenvalue weighted by Gasteiger charge is 2.03. The van der Waals surface area contributed by atoms with Crippen molar-refractivity contribution in [1.82, 2.24) is 14.9 Å². The number of aromatic nitrogens is 2. The third kappa shape index (κ3) is 3.13. The van der Waals surface area contributed by atoms with Gasteiger partial charge in [0.2, 0.25) is 0 Å². The maximum Gasteiger partial charge on any atom is 0.251 e. The fraction of sp³-hybridized carbons (Fsp3) is 0.286. The van der Waals surface area contributed by atoms with Crippen molar-refractivity contribution in [2.24, 2.45) is 0 Å². The number of anilines is 1. The van der Waals surface area contributed by atoms with Crippen LogP contribution in [0.2, 0.25) is 0 Å². The molecule has 0 atom stereocenters. The summed E-state index contributed by atoms with van der Waals surface area (Å²) in [4.78, 5) is 15.5. The maximum absolute atomic E-state index is 11.4. The van der Waals surface area contributed by atoms with Gasteiger partial charge in [-0.25, -0.2) is 4.98 Å². The summed E-state index contributed by atoms with van der Waals surface area (Å²) in [6.45, 7) is 3.71. The Morgan fingerprint density at radius 1 is 1.32 bits per heavy atom. The second kappa shape index (κ2) is 6.04. The molecule has 5 nitrogen and oxygen atoms in total. The highest BCUT2D eigenvalue weighted by Crippen LogP contribution is 2.11. The number of rotatable bonds is 5. The molecule has 1 amide bonds. The standard InChI is InChI=1S/C14H18N4O/c1-3-18-10-16-8-13(18)9-17-12-6-4-11(5-7-12)14(19)15-2/h4-8,10,17H,3,9H2,1-2H3,(H,15,19). The van der Waals surface area contributed by atoms with Gasteiger partial charge in [0.15, 0.2) is 0 Å². The molecule has 2 aromatic rings. The smallest absolute Gasteiger partial charge is 0.251 e. The molecule has 19 heavy (non-hydrogen) atoms. The van der Waals surface area contributed by atoms with Crippen LogP contribution >= 0.6 is 0 Å². The fourth-order valence-electron chi connectivity index (χ4n) is 1.86. The van der Waals surface area contributed by atoms with Crippen LogP contribution in [0.15, 0.2) is 36.8 Å². The number of benzene rings is 1. The van der Waals surface area contributed by atoms with E-state index in [1.54, 1.807) is 19.2 Å². The second-order valence-electron chi connectivity index (χ2n) is 4.18. The van der Waals surface area contributed by atoms with Crippen molar-refractivity contribution in [3.63, 3.8) is 0 Å². The summed E-state index contributed by atoms with van der Waals surface area (Å²) in [7, 11) is 1.63. The van der Waals surface area contributed by atoms with Gasteiger partial charge in [-0.15, -0.1) is 0 Å². The summed E-state index contributed by atoms with van der Waals surface area (Å²) in [5.74, 6) is -0.0735. The maximum atomic E-state index is 11.4. The summed E-state index contributed by atoms with van der Waals surface area (Å²) in [6.07, 6.45) is 3.68. The monoisotopic (exact) mass is 258 g/mol. The van der Waals surface area contributed by atoms with Gasteiger partial charge in [-0.3, -0.25) is 4.79 Å². The predicted octanol–water partition coefficient (Wildman–Crippen LogP) is 1.87. The quantitative estimate of drug-likeness (QED) is 0.860. The van der Waals surface area contributed by atoms with Crippen molar-refractivity contribution in [2.75, 3.05) is 12.4 Å². The zero-order valence-corrected chi connectivity index (χ0v) is 11.2. The number of imidazole rings is 1. The van der Waals surface area contributed by atoms with Gasteiger partial charge in [0.25, 0.3) is 5.91 Å². The minimum atomic E-state index is -0.0735. The number of amides is 1. The van der Waals surface area contributed by atoms with E-state index < -0.39 is 0 Å². The van der Waals surface area contributed by atoms with Crippen molar-refractivity contribution in [2.45, 2.75) is 20.0 Å². The van der Waals surface area contributed by atoms with E-state index in [2.05, 4.69) is 27.1 Å². The molecule has 0 spiro atoms. The molecule has 2 N–H and O–H groups in total. The van der Waals surface area contributed by atoms with E-state index >= 15 is 0 Å². The fourth-order valence-corrected chi connectivity index (χ4v) is 1.86. The highest BCUT2D eigenvalue weighted by atomic mass is 16.1. The Kier molecular flexibility index (Phi) is 4.18. The molecule has 0 saturated heterocycles. The number of carbonyl (C=O) groups is 1. The Bertz CT molecular complexity index is 545. The summed E-state index contributed by atoms with van der Waals surface area (Å²) in [6, 6.07) is 7.41. The number of hydrogen-bond acceptors (Lipinski definition) is 3. The molecule has 0 bridgehead atoms. The lowest BCUT2D eigenvalue weighted by atomic mass is 10.2. The Hall–Kier alpha value is -2.30. The van der Waals surface area contributed by atoms with Gasteiger partial charge in [-0.2, -0.15) is 0 Å². The lowest BCUT2D eigenvalue weighted by Crippen LogP contribution is -2.17. The van der Waals surface area contributed by atoms with Crippen LogP contribution in [-0.4, -0.2) is 22.5 Å². The third-order valence-electron chi connectivity index (χ3n) is 2.99. The molecule has 0 radical (unpaired) electrons. The Balaban J connectivity index is 1.98. The average molecular weight is 258 g/mol. The minimum absolute atomic E-state index is 0.0735. The summed E-state index contributed by atoms with van der Waals surface area (Å²) < 4.78 is 2.09. The zero-order chi connectivity index (χ0) is 13.7. The highest BCUT2D eigenvalue weighted by molar-refractivity contribution is 5.94. The van der Waals surface area contributed by atoms with E-state index in [-0.39, 0.29) is 5.91 Å². The van der Waals surface area contributed by atoms with E-state index in [0.29, 0.717) is 12.1 Å². The second-order valence-corrected chi connectivity index (χ2v) is 4.18. The number of aryl methyl sites for hydroxylation is 1. The van der Waals surface area contributed by atoms with E-state index in [9.17, 15) is 4.79 Å². The van der Waals surface area contributed by atoms with Gasteiger partial charge < -0.3 is 15.2 Å². The Labute approximate surface area is 112 Å². The molecular weight excluding hydrogens is 240 g/mol. The van der Waals surface area contributed by atoms with Crippen LogP contribution in [0.25, 0.3) is 0 Å². The molecule has 100 valence electrons. The van der Waals surface area contributed by atoms with E-state index in [4.69, 9.17) is 0 Å². The SMILES string of the molecule is CCn1cncc1CNc1ccc(C(=O)NC)cc1. The number of carbonyl (C=O) groups excluding carboxylic acids is 1. The minimum Gasteiger partial charge on any atom is -0.379 e. The van der Waals surface area contributed by atoms with Gasteiger partial charge in [0.1, 0.15) is 0 Å². The largest absolute Gasteiger partial charge is 0.379 e. The van der Waals surface area contributed by atoms with Crippen LogP contribution in [0.1, 0.15) is 23.0 Å². The van der Waals surface area contributed by atoms with Crippen LogP contribution in [0.5, 0.6) is 0 Å². The first-order valence-electron chi connectivity index (χ1n) is 6.29. The molecule has 0 fully saturated rings. The van der Waals surface area contributed by atoms with E-state index in [0.717, 1.165) is 17.9 Å². The summed E-state index contributed by atoms with van der Waals surface area (Å²) in [5.41, 5.74) is 2.78. The van der Waals surface area contributed by atoms with Crippen molar-refractivity contribution in [3.05, 3.63) is 48.0 Å². The number of nitrogens with one attached hydrogen (secondary N) is 2. The lowest BCUT2D eigenvalue weighted by Gasteiger charge is -2.09. The number of hydrogen-bond donors (Lipinski definition) is 2. The first-order chi connectivity index (χ1) is 9.24. The molecule has 1 aromatic carbocycles. The van der Waals surface area contributed by atoms with Crippen LogP contribution in [0, 0.1) is 0 Å².